The highest BCUT2D eigenvalue weighted by Crippen LogP contribution is 2.09. The second-order valence-electron chi connectivity index (χ2n) is 2.92. The van der Waals surface area contributed by atoms with E-state index in [1.807, 2.05) is 0 Å². The molecule has 0 aliphatic heterocycles. The van der Waals surface area contributed by atoms with Gasteiger partial charge in [0.1, 0.15) is 0 Å². The Bertz CT molecular complexity index is 485. The molecule has 0 atom stereocenters. The number of methoxy groups -OCH3 is 2. The number of hydrogen-bond acceptors (Lipinski definition) is 6. The molecule has 1 aromatic rings. The van der Waals surface area contributed by atoms with Crippen LogP contribution in [0.25, 0.3) is 0 Å². The Morgan fingerprint density at radius 2 is 1.75 bits per heavy atom. The maximum atomic E-state index is 11.3. The third kappa shape index (κ3) is 2.10. The zero-order valence-corrected chi connectivity index (χ0v) is 9.03. The monoisotopic (exact) mass is 226 g/mol. The SMILES string of the molecule is COC(=O)c1cc(C(=O)OC)c(C)c(=O)o1. The van der Waals surface area contributed by atoms with Crippen LogP contribution in [0.2, 0.25) is 0 Å². The van der Waals surface area contributed by atoms with Crippen molar-refractivity contribution in [2.45, 2.75) is 6.92 Å². The van der Waals surface area contributed by atoms with Crippen molar-refractivity contribution < 1.29 is 23.5 Å². The van der Waals surface area contributed by atoms with Crippen LogP contribution in [-0.2, 0) is 9.47 Å². The molecule has 0 bridgehead atoms. The van der Waals surface area contributed by atoms with E-state index >= 15 is 0 Å². The highest BCUT2D eigenvalue weighted by atomic mass is 16.5. The minimum Gasteiger partial charge on any atom is -0.465 e. The Balaban J connectivity index is 3.39. The molecule has 0 saturated carbocycles. The fourth-order valence-electron chi connectivity index (χ4n) is 1.08. The largest absolute Gasteiger partial charge is 0.465 e. The average molecular weight is 226 g/mol. The first kappa shape index (κ1) is 12.0. The summed E-state index contributed by atoms with van der Waals surface area (Å²) in [5.41, 5.74) is -0.707. The molecule has 0 amide bonds. The molecular formula is C10H10O6. The summed E-state index contributed by atoms with van der Waals surface area (Å²) in [5, 5.41) is 0. The molecule has 6 nitrogen and oxygen atoms in total. The van der Waals surface area contributed by atoms with E-state index < -0.39 is 17.6 Å². The maximum Gasteiger partial charge on any atom is 0.374 e. The summed E-state index contributed by atoms with van der Waals surface area (Å²) in [7, 11) is 2.31. The highest BCUT2D eigenvalue weighted by molar-refractivity contribution is 5.94. The lowest BCUT2D eigenvalue weighted by Gasteiger charge is -2.04. The topological polar surface area (TPSA) is 82.8 Å². The molecular weight excluding hydrogens is 216 g/mol. The number of ether oxygens (including phenoxy) is 2. The van der Waals surface area contributed by atoms with Crippen molar-refractivity contribution in [2.75, 3.05) is 14.2 Å². The van der Waals surface area contributed by atoms with Crippen molar-refractivity contribution in [3.63, 3.8) is 0 Å². The van der Waals surface area contributed by atoms with E-state index in [4.69, 9.17) is 0 Å². The summed E-state index contributed by atoms with van der Waals surface area (Å²) >= 11 is 0. The normalized spacial score (nSPS) is 9.69. The van der Waals surface area contributed by atoms with Gasteiger partial charge in [0.05, 0.1) is 19.8 Å². The van der Waals surface area contributed by atoms with Crippen LogP contribution in [0.4, 0.5) is 0 Å². The van der Waals surface area contributed by atoms with Crippen LogP contribution in [0, 0.1) is 6.92 Å². The molecule has 1 rings (SSSR count). The third-order valence-electron chi connectivity index (χ3n) is 1.98. The first-order valence-corrected chi connectivity index (χ1v) is 4.32. The molecule has 6 heteroatoms. The number of esters is 2. The lowest BCUT2D eigenvalue weighted by molar-refractivity contribution is 0.0557. The van der Waals surface area contributed by atoms with Gasteiger partial charge >= 0.3 is 17.6 Å². The Labute approximate surface area is 90.8 Å². The molecule has 0 aliphatic rings. The van der Waals surface area contributed by atoms with E-state index in [0.29, 0.717) is 0 Å². The second-order valence-corrected chi connectivity index (χ2v) is 2.92. The van der Waals surface area contributed by atoms with Gasteiger partial charge in [0.2, 0.25) is 5.76 Å². The Hall–Kier alpha value is -2.11. The molecule has 16 heavy (non-hydrogen) atoms. The van der Waals surface area contributed by atoms with Crippen molar-refractivity contribution in [3.8, 4) is 0 Å². The number of rotatable bonds is 2. The molecule has 0 N–H and O–H groups in total. The van der Waals surface area contributed by atoms with Crippen LogP contribution >= 0.6 is 0 Å². The Kier molecular flexibility index (Phi) is 3.44. The summed E-state index contributed by atoms with van der Waals surface area (Å²) in [4.78, 5) is 33.7. The molecule has 1 aromatic heterocycles. The van der Waals surface area contributed by atoms with Gasteiger partial charge in [0.25, 0.3) is 0 Å². The second kappa shape index (κ2) is 4.61. The quantitative estimate of drug-likeness (QED) is 0.683. The molecule has 0 fully saturated rings. The fourth-order valence-corrected chi connectivity index (χ4v) is 1.08. The van der Waals surface area contributed by atoms with E-state index in [2.05, 4.69) is 13.9 Å². The minimum atomic E-state index is -0.831. The van der Waals surface area contributed by atoms with Gasteiger partial charge in [0, 0.05) is 11.6 Å². The molecule has 0 aliphatic carbocycles. The van der Waals surface area contributed by atoms with Crippen molar-refractivity contribution in [1.29, 1.82) is 0 Å². The molecule has 0 radical (unpaired) electrons. The van der Waals surface area contributed by atoms with Crippen molar-refractivity contribution >= 4 is 11.9 Å². The van der Waals surface area contributed by atoms with Crippen molar-refractivity contribution in [2.24, 2.45) is 0 Å². The summed E-state index contributed by atoms with van der Waals surface area (Å²) in [6.07, 6.45) is 0. The molecule has 0 unspecified atom stereocenters. The van der Waals surface area contributed by atoms with Crippen LogP contribution in [0.15, 0.2) is 15.3 Å². The average Bonchev–Trinajstić information content (AvgIpc) is 2.30. The predicted molar refractivity (Wildman–Crippen MR) is 52.4 cm³/mol. The zero-order chi connectivity index (χ0) is 12.3. The lowest BCUT2D eigenvalue weighted by Crippen LogP contribution is -2.16. The molecule has 86 valence electrons. The molecule has 1 heterocycles. The maximum absolute atomic E-state index is 11.3. The first-order chi connectivity index (χ1) is 7.51. The first-order valence-electron chi connectivity index (χ1n) is 4.32. The Morgan fingerprint density at radius 3 is 2.25 bits per heavy atom. The standard InChI is InChI=1S/C10H10O6/c1-5-6(9(12)14-2)4-7(10(13)15-3)16-8(5)11/h4H,1-3H3. The van der Waals surface area contributed by atoms with E-state index in [0.717, 1.165) is 13.2 Å². The van der Waals surface area contributed by atoms with E-state index in [-0.39, 0.29) is 16.9 Å². The number of carbonyl (C=O) groups is 2. The molecule has 0 saturated heterocycles. The predicted octanol–water partition coefficient (Wildman–Crippen LogP) is 0.521. The summed E-state index contributed by atoms with van der Waals surface area (Å²) in [5.74, 6) is -1.88. The van der Waals surface area contributed by atoms with Crippen LogP contribution in [0.3, 0.4) is 0 Å². The number of hydrogen-bond donors (Lipinski definition) is 0. The van der Waals surface area contributed by atoms with Crippen molar-refractivity contribution in [3.05, 3.63) is 33.4 Å². The van der Waals surface area contributed by atoms with E-state index in [1.165, 1.54) is 14.0 Å². The van der Waals surface area contributed by atoms with Crippen molar-refractivity contribution in [1.82, 2.24) is 0 Å². The van der Waals surface area contributed by atoms with Gasteiger partial charge < -0.3 is 13.9 Å². The van der Waals surface area contributed by atoms with Gasteiger partial charge in [-0.05, 0) is 6.92 Å². The fraction of sp³-hybridized carbons (Fsp3) is 0.300. The van der Waals surface area contributed by atoms with Gasteiger partial charge in [-0.25, -0.2) is 14.4 Å². The third-order valence-corrected chi connectivity index (χ3v) is 1.98. The van der Waals surface area contributed by atoms with Crippen LogP contribution < -0.4 is 5.63 Å². The molecule has 0 spiro atoms. The summed E-state index contributed by atoms with van der Waals surface area (Å²) < 4.78 is 13.5. The van der Waals surface area contributed by atoms with Gasteiger partial charge in [-0.2, -0.15) is 0 Å². The Morgan fingerprint density at radius 1 is 1.19 bits per heavy atom. The number of carbonyl (C=O) groups excluding carboxylic acids is 2. The summed E-state index contributed by atoms with van der Waals surface area (Å²) in [6, 6.07) is 1.12. The van der Waals surface area contributed by atoms with E-state index in [9.17, 15) is 14.4 Å². The highest BCUT2D eigenvalue weighted by Gasteiger charge is 2.19. The lowest BCUT2D eigenvalue weighted by atomic mass is 10.1. The van der Waals surface area contributed by atoms with Gasteiger partial charge in [0.15, 0.2) is 0 Å². The van der Waals surface area contributed by atoms with Gasteiger partial charge in [-0.3, -0.25) is 0 Å². The smallest absolute Gasteiger partial charge is 0.374 e. The van der Waals surface area contributed by atoms with Gasteiger partial charge in [-0.15, -0.1) is 0 Å². The van der Waals surface area contributed by atoms with Gasteiger partial charge in [-0.1, -0.05) is 0 Å². The zero-order valence-electron chi connectivity index (χ0n) is 9.03. The van der Waals surface area contributed by atoms with Crippen LogP contribution in [0.1, 0.15) is 26.5 Å². The van der Waals surface area contributed by atoms with Crippen LogP contribution in [-0.4, -0.2) is 26.2 Å². The van der Waals surface area contributed by atoms with E-state index in [1.54, 1.807) is 0 Å². The van der Waals surface area contributed by atoms with Crippen LogP contribution in [0.5, 0.6) is 0 Å². The minimum absolute atomic E-state index is 0.0147. The molecule has 0 aromatic carbocycles. The summed E-state index contributed by atoms with van der Waals surface area (Å²) in [6.45, 7) is 1.40.